The number of carbonyl (C=O) groups excluding carboxylic acids is 2. The van der Waals surface area contributed by atoms with Crippen molar-refractivity contribution in [2.45, 2.75) is 17.1 Å². The Morgan fingerprint density at radius 2 is 1.62 bits per heavy atom. The van der Waals surface area contributed by atoms with E-state index in [9.17, 15) is 14.0 Å². The summed E-state index contributed by atoms with van der Waals surface area (Å²) in [6, 6.07) is 17.8. The summed E-state index contributed by atoms with van der Waals surface area (Å²) in [7, 11) is 0. The Morgan fingerprint density at radius 1 is 0.906 bits per heavy atom. The second-order valence-electron chi connectivity index (χ2n) is 7.10. The fourth-order valence-electron chi connectivity index (χ4n) is 3.07. The van der Waals surface area contributed by atoms with Crippen LogP contribution in [0.2, 0.25) is 0 Å². The molecule has 0 aromatic heterocycles. The molecule has 8 heteroatoms. The molecular weight excluding hydrogens is 431 g/mol. The number of rotatable bonds is 6. The van der Waals surface area contributed by atoms with E-state index in [1.165, 1.54) is 36.0 Å². The Kier molecular flexibility index (Phi) is 6.61. The summed E-state index contributed by atoms with van der Waals surface area (Å²) in [5.74, 6) is 0.377. The molecule has 0 saturated heterocycles. The number of nitrogens with one attached hydrogen (secondary N) is 2. The van der Waals surface area contributed by atoms with E-state index in [0.29, 0.717) is 41.7 Å². The Bertz CT molecular complexity index is 1140. The largest absolute Gasteiger partial charge is 0.486 e. The number of benzene rings is 3. The molecule has 2 amide bonds. The lowest BCUT2D eigenvalue weighted by Crippen LogP contribution is -2.22. The van der Waals surface area contributed by atoms with Gasteiger partial charge >= 0.3 is 0 Å². The number of anilines is 2. The zero-order chi connectivity index (χ0) is 22.5. The van der Waals surface area contributed by atoms with Crippen molar-refractivity contribution in [2.24, 2.45) is 0 Å². The average molecular weight is 453 g/mol. The molecule has 0 spiro atoms. The molecular formula is C24H21FN2O4S. The highest BCUT2D eigenvalue weighted by Gasteiger charge is 2.17. The molecule has 0 bridgehead atoms. The van der Waals surface area contributed by atoms with E-state index < -0.39 is 5.82 Å². The molecule has 0 radical (unpaired) electrons. The summed E-state index contributed by atoms with van der Waals surface area (Å²) < 4.78 is 24.1. The Morgan fingerprint density at radius 3 is 2.41 bits per heavy atom. The van der Waals surface area contributed by atoms with Crippen molar-refractivity contribution in [1.82, 2.24) is 0 Å². The van der Waals surface area contributed by atoms with Crippen LogP contribution >= 0.6 is 11.8 Å². The predicted octanol–water partition coefficient (Wildman–Crippen LogP) is 4.97. The zero-order valence-corrected chi connectivity index (χ0v) is 18.1. The van der Waals surface area contributed by atoms with Gasteiger partial charge in [-0.15, -0.1) is 11.8 Å². The first kappa shape index (κ1) is 21.7. The van der Waals surface area contributed by atoms with Crippen LogP contribution in [-0.4, -0.2) is 30.3 Å². The van der Waals surface area contributed by atoms with Crippen LogP contribution < -0.4 is 20.1 Å². The highest BCUT2D eigenvalue weighted by atomic mass is 32.2. The van der Waals surface area contributed by atoms with Gasteiger partial charge in [0.15, 0.2) is 11.5 Å². The van der Waals surface area contributed by atoms with Gasteiger partial charge in [-0.25, -0.2) is 4.39 Å². The normalized spacial score (nSPS) is 13.2. The van der Waals surface area contributed by atoms with Crippen molar-refractivity contribution in [2.75, 3.05) is 23.8 Å². The molecule has 6 nitrogen and oxygen atoms in total. The van der Waals surface area contributed by atoms with Gasteiger partial charge in [-0.3, -0.25) is 9.59 Å². The van der Waals surface area contributed by atoms with Crippen LogP contribution in [0.1, 0.15) is 17.3 Å². The molecule has 1 aliphatic rings. The number of halogens is 1. The number of thioether (sulfide) groups is 1. The van der Waals surface area contributed by atoms with Crippen LogP contribution in [-0.2, 0) is 4.79 Å². The van der Waals surface area contributed by atoms with Crippen molar-refractivity contribution >= 4 is 35.0 Å². The minimum atomic E-state index is -0.400. The molecule has 1 atom stereocenters. The van der Waals surface area contributed by atoms with Crippen molar-refractivity contribution in [3.8, 4) is 11.5 Å². The monoisotopic (exact) mass is 452 g/mol. The molecule has 164 valence electrons. The summed E-state index contributed by atoms with van der Waals surface area (Å²) in [6.45, 7) is 2.79. The van der Waals surface area contributed by atoms with E-state index in [4.69, 9.17) is 9.47 Å². The van der Waals surface area contributed by atoms with E-state index in [1.54, 1.807) is 36.4 Å². The third-order valence-corrected chi connectivity index (χ3v) is 5.78. The van der Waals surface area contributed by atoms with Gasteiger partial charge in [0, 0.05) is 27.9 Å². The highest BCUT2D eigenvalue weighted by Crippen LogP contribution is 2.33. The van der Waals surface area contributed by atoms with Gasteiger partial charge in [0.25, 0.3) is 5.91 Å². The van der Waals surface area contributed by atoms with Gasteiger partial charge in [0.2, 0.25) is 5.91 Å². The lowest BCUT2D eigenvalue weighted by molar-refractivity contribution is -0.115. The SMILES string of the molecule is CC(Sc1cccc(NC(=O)c2ccc(F)cc2)c1)C(=O)Nc1ccc2c(c1)OCCO2. The standard InChI is InChI=1S/C24H21FN2O4S/c1-15(23(28)26-19-9-10-21-22(14-19)31-12-11-30-21)32-20-4-2-3-18(13-20)27-24(29)16-5-7-17(25)8-6-16/h2-10,13-15H,11-12H2,1H3,(H,26,28)(H,27,29). The van der Waals surface area contributed by atoms with Crippen molar-refractivity contribution in [3.05, 3.63) is 78.1 Å². The maximum Gasteiger partial charge on any atom is 0.255 e. The number of hydrogen-bond donors (Lipinski definition) is 2. The second kappa shape index (κ2) is 9.74. The number of hydrogen-bond acceptors (Lipinski definition) is 5. The Balaban J connectivity index is 1.36. The first-order valence-electron chi connectivity index (χ1n) is 10.0. The second-order valence-corrected chi connectivity index (χ2v) is 8.51. The topological polar surface area (TPSA) is 76.7 Å². The summed E-state index contributed by atoms with van der Waals surface area (Å²) >= 11 is 1.37. The van der Waals surface area contributed by atoms with Crippen LogP contribution in [0.5, 0.6) is 11.5 Å². The third kappa shape index (κ3) is 5.39. The Hall–Kier alpha value is -3.52. The van der Waals surface area contributed by atoms with Crippen molar-refractivity contribution in [1.29, 1.82) is 0 Å². The summed E-state index contributed by atoms with van der Waals surface area (Å²) in [5, 5.41) is 5.29. The third-order valence-electron chi connectivity index (χ3n) is 4.69. The van der Waals surface area contributed by atoms with E-state index >= 15 is 0 Å². The lowest BCUT2D eigenvalue weighted by Gasteiger charge is -2.19. The molecule has 1 heterocycles. The molecule has 4 rings (SSSR count). The van der Waals surface area contributed by atoms with E-state index in [1.807, 2.05) is 13.0 Å². The molecule has 3 aromatic carbocycles. The van der Waals surface area contributed by atoms with Crippen LogP contribution in [0.25, 0.3) is 0 Å². The first-order valence-corrected chi connectivity index (χ1v) is 10.9. The maximum atomic E-state index is 13.0. The zero-order valence-electron chi connectivity index (χ0n) is 17.3. The van der Waals surface area contributed by atoms with Gasteiger partial charge in [-0.1, -0.05) is 6.07 Å². The summed E-state index contributed by atoms with van der Waals surface area (Å²) in [4.78, 5) is 25.8. The fourth-order valence-corrected chi connectivity index (χ4v) is 4.00. The summed E-state index contributed by atoms with van der Waals surface area (Å²) in [6.07, 6.45) is 0. The molecule has 32 heavy (non-hydrogen) atoms. The first-order chi connectivity index (χ1) is 15.5. The number of carbonyl (C=O) groups is 2. The van der Waals surface area contributed by atoms with Gasteiger partial charge in [-0.2, -0.15) is 0 Å². The van der Waals surface area contributed by atoms with Crippen LogP contribution in [0.3, 0.4) is 0 Å². The van der Waals surface area contributed by atoms with Gasteiger partial charge in [0.1, 0.15) is 19.0 Å². The molecule has 1 aliphatic heterocycles. The molecule has 0 aliphatic carbocycles. The number of ether oxygens (including phenoxy) is 2. The van der Waals surface area contributed by atoms with E-state index in [-0.39, 0.29) is 17.1 Å². The molecule has 0 saturated carbocycles. The van der Waals surface area contributed by atoms with Crippen LogP contribution in [0.15, 0.2) is 71.6 Å². The minimum absolute atomic E-state index is 0.160. The van der Waals surface area contributed by atoms with Gasteiger partial charge in [-0.05, 0) is 61.5 Å². The predicted molar refractivity (Wildman–Crippen MR) is 122 cm³/mol. The number of amides is 2. The number of fused-ring (bicyclic) bond motifs is 1. The minimum Gasteiger partial charge on any atom is -0.486 e. The quantitative estimate of drug-likeness (QED) is 0.517. The lowest BCUT2D eigenvalue weighted by atomic mass is 10.2. The van der Waals surface area contributed by atoms with Crippen LogP contribution in [0.4, 0.5) is 15.8 Å². The van der Waals surface area contributed by atoms with Gasteiger partial charge in [0.05, 0.1) is 5.25 Å². The smallest absolute Gasteiger partial charge is 0.255 e. The molecule has 1 unspecified atom stereocenters. The fraction of sp³-hybridized carbons (Fsp3) is 0.167. The van der Waals surface area contributed by atoms with Gasteiger partial charge < -0.3 is 20.1 Å². The van der Waals surface area contributed by atoms with Crippen LogP contribution in [0, 0.1) is 5.82 Å². The summed E-state index contributed by atoms with van der Waals surface area (Å²) in [5.41, 5.74) is 1.58. The van der Waals surface area contributed by atoms with E-state index in [2.05, 4.69) is 10.6 Å². The molecule has 0 fully saturated rings. The van der Waals surface area contributed by atoms with Crippen molar-refractivity contribution in [3.63, 3.8) is 0 Å². The average Bonchev–Trinajstić information content (AvgIpc) is 2.79. The van der Waals surface area contributed by atoms with E-state index in [0.717, 1.165) is 4.90 Å². The molecule has 2 N–H and O–H groups in total. The Labute approximate surface area is 189 Å². The molecule has 3 aromatic rings. The maximum absolute atomic E-state index is 13.0. The van der Waals surface area contributed by atoms with Crippen molar-refractivity contribution < 1.29 is 23.5 Å². The highest BCUT2D eigenvalue weighted by molar-refractivity contribution is 8.00.